The maximum atomic E-state index is 12.9. The highest BCUT2D eigenvalue weighted by Crippen LogP contribution is 2.38. The molecule has 0 saturated heterocycles. The van der Waals surface area contributed by atoms with E-state index < -0.39 is 11.9 Å². The van der Waals surface area contributed by atoms with E-state index in [-0.39, 0.29) is 28.5 Å². The van der Waals surface area contributed by atoms with Crippen LogP contribution in [0.2, 0.25) is 0 Å². The summed E-state index contributed by atoms with van der Waals surface area (Å²) in [5, 5.41) is 14.3. The highest BCUT2D eigenvalue weighted by atomic mass is 32.2. The summed E-state index contributed by atoms with van der Waals surface area (Å²) in [5.74, 6) is -0.137. The number of hydrogen-bond donors (Lipinski definition) is 1. The number of benzene rings is 1. The van der Waals surface area contributed by atoms with Gasteiger partial charge >= 0.3 is 11.9 Å². The summed E-state index contributed by atoms with van der Waals surface area (Å²) >= 11 is 3.00. The molecule has 2 aromatic heterocycles. The van der Waals surface area contributed by atoms with E-state index in [9.17, 15) is 14.4 Å². The lowest BCUT2D eigenvalue weighted by Crippen LogP contribution is -2.18. The Morgan fingerprint density at radius 2 is 2.03 bits per heavy atom. The van der Waals surface area contributed by atoms with Crippen LogP contribution in [0.15, 0.2) is 41.4 Å². The van der Waals surface area contributed by atoms with Gasteiger partial charge in [-0.15, -0.1) is 28.1 Å². The number of thiophene rings is 1. The number of hydrogen-bond acceptors (Lipinski definition) is 9. The van der Waals surface area contributed by atoms with Crippen molar-refractivity contribution in [2.75, 3.05) is 25.3 Å². The van der Waals surface area contributed by atoms with Gasteiger partial charge in [0.2, 0.25) is 5.91 Å². The van der Waals surface area contributed by atoms with Gasteiger partial charge in [0.25, 0.3) is 0 Å². The van der Waals surface area contributed by atoms with Crippen molar-refractivity contribution in [3.05, 3.63) is 57.8 Å². The second kappa shape index (κ2) is 11.7. The molecule has 11 heteroatoms. The third-order valence-corrected chi connectivity index (χ3v) is 8.14. The van der Waals surface area contributed by atoms with E-state index in [0.717, 1.165) is 30.7 Å². The molecule has 37 heavy (non-hydrogen) atoms. The second-order valence-corrected chi connectivity index (χ2v) is 10.6. The summed E-state index contributed by atoms with van der Waals surface area (Å²) in [6, 6.07) is 4.24. The van der Waals surface area contributed by atoms with Crippen molar-refractivity contribution in [2.24, 2.45) is 5.92 Å². The number of rotatable bonds is 9. The van der Waals surface area contributed by atoms with Gasteiger partial charge in [-0.2, -0.15) is 0 Å². The van der Waals surface area contributed by atoms with E-state index in [4.69, 9.17) is 9.47 Å². The van der Waals surface area contributed by atoms with Crippen molar-refractivity contribution in [3.8, 4) is 11.4 Å². The monoisotopic (exact) mass is 540 g/mol. The minimum atomic E-state index is -0.636. The van der Waals surface area contributed by atoms with Crippen LogP contribution in [0, 0.1) is 5.92 Å². The van der Waals surface area contributed by atoms with Gasteiger partial charge in [0.1, 0.15) is 0 Å². The lowest BCUT2D eigenvalue weighted by Gasteiger charge is -2.19. The van der Waals surface area contributed by atoms with E-state index in [0.29, 0.717) is 17.6 Å². The van der Waals surface area contributed by atoms with Gasteiger partial charge in [0, 0.05) is 22.4 Å². The van der Waals surface area contributed by atoms with Crippen molar-refractivity contribution in [2.45, 2.75) is 37.9 Å². The Kier molecular flexibility index (Phi) is 8.45. The van der Waals surface area contributed by atoms with Gasteiger partial charge in [-0.05, 0) is 48.9 Å². The summed E-state index contributed by atoms with van der Waals surface area (Å²) in [7, 11) is 2.50. The molecule has 1 aromatic carbocycles. The number of carbonyl (C=O) groups excluding carboxylic acids is 3. The van der Waals surface area contributed by atoms with Crippen molar-refractivity contribution in [3.63, 3.8) is 0 Å². The lowest BCUT2D eigenvalue weighted by atomic mass is 9.88. The number of esters is 2. The molecular weight excluding hydrogens is 512 g/mol. The van der Waals surface area contributed by atoms with Crippen LogP contribution in [-0.4, -0.2) is 52.6 Å². The van der Waals surface area contributed by atoms with Crippen molar-refractivity contribution in [1.82, 2.24) is 14.8 Å². The summed E-state index contributed by atoms with van der Waals surface area (Å²) in [4.78, 5) is 38.4. The Bertz CT molecular complexity index is 1350. The topological polar surface area (TPSA) is 112 Å². The minimum Gasteiger partial charge on any atom is -0.465 e. The van der Waals surface area contributed by atoms with E-state index in [1.807, 2.05) is 4.57 Å². The zero-order valence-corrected chi connectivity index (χ0v) is 22.5. The summed E-state index contributed by atoms with van der Waals surface area (Å²) < 4.78 is 11.5. The Hall–Kier alpha value is -3.44. The Morgan fingerprint density at radius 3 is 2.76 bits per heavy atom. The number of allylic oxidation sites excluding steroid dienone is 1. The molecule has 1 atom stereocenters. The van der Waals surface area contributed by atoms with Crippen LogP contribution < -0.4 is 5.32 Å². The van der Waals surface area contributed by atoms with Gasteiger partial charge in [-0.25, -0.2) is 9.59 Å². The largest absolute Gasteiger partial charge is 0.465 e. The van der Waals surface area contributed by atoms with Crippen LogP contribution in [0.3, 0.4) is 0 Å². The van der Waals surface area contributed by atoms with Gasteiger partial charge in [-0.1, -0.05) is 24.8 Å². The first-order valence-corrected chi connectivity index (χ1v) is 13.6. The van der Waals surface area contributed by atoms with E-state index >= 15 is 0 Å². The molecule has 0 fully saturated rings. The molecule has 194 valence electrons. The molecular formula is C26H28N4O5S2. The smallest absolute Gasteiger partial charge is 0.339 e. The predicted octanol–water partition coefficient (Wildman–Crippen LogP) is 4.62. The third kappa shape index (κ3) is 5.78. The number of methoxy groups -OCH3 is 2. The Balaban J connectivity index is 1.53. The Labute approximate surface area is 223 Å². The third-order valence-electron chi connectivity index (χ3n) is 6.12. The van der Waals surface area contributed by atoms with Crippen LogP contribution in [0.25, 0.3) is 11.4 Å². The van der Waals surface area contributed by atoms with E-state index in [2.05, 4.69) is 34.4 Å². The highest BCUT2D eigenvalue weighted by Gasteiger charge is 2.25. The van der Waals surface area contributed by atoms with Crippen molar-refractivity contribution in [1.29, 1.82) is 0 Å². The fourth-order valence-corrected chi connectivity index (χ4v) is 6.24. The second-order valence-electron chi connectivity index (χ2n) is 8.68. The van der Waals surface area contributed by atoms with Gasteiger partial charge < -0.3 is 14.8 Å². The molecule has 0 radical (unpaired) electrons. The Morgan fingerprint density at radius 1 is 1.24 bits per heavy atom. The molecule has 1 N–H and O–H groups in total. The fraction of sp³-hybridized carbons (Fsp3) is 0.346. The minimum absolute atomic E-state index is 0.0115. The first-order chi connectivity index (χ1) is 17.9. The van der Waals surface area contributed by atoms with Crippen molar-refractivity contribution >= 4 is 46.6 Å². The maximum absolute atomic E-state index is 12.9. The SMILES string of the molecule is C=CCn1c(SCC(=O)Nc2cc(C(=O)OC)ccc2C(=O)OC)nnc1-c1csc2c1CCC(C)C2. The van der Waals surface area contributed by atoms with E-state index in [1.165, 1.54) is 54.6 Å². The normalized spacial score (nSPS) is 14.5. The number of thioether (sulfide) groups is 1. The number of carbonyl (C=O) groups is 3. The molecule has 2 heterocycles. The first kappa shape index (κ1) is 26.6. The van der Waals surface area contributed by atoms with Crippen LogP contribution in [-0.2, 0) is 33.7 Å². The molecule has 1 aliphatic rings. The van der Waals surface area contributed by atoms with Gasteiger partial charge in [0.15, 0.2) is 11.0 Å². The van der Waals surface area contributed by atoms with E-state index in [1.54, 1.807) is 17.4 Å². The average molecular weight is 541 g/mol. The molecule has 0 spiro atoms. The first-order valence-electron chi connectivity index (χ1n) is 11.7. The lowest BCUT2D eigenvalue weighted by molar-refractivity contribution is -0.113. The number of amides is 1. The molecule has 3 aromatic rings. The molecule has 0 bridgehead atoms. The number of nitrogens with one attached hydrogen (secondary N) is 1. The molecule has 1 unspecified atom stereocenters. The number of fused-ring (bicyclic) bond motifs is 1. The van der Waals surface area contributed by atoms with Crippen molar-refractivity contribution < 1.29 is 23.9 Å². The van der Waals surface area contributed by atoms with Gasteiger partial charge in [0.05, 0.1) is 36.8 Å². The molecule has 0 aliphatic heterocycles. The number of ether oxygens (including phenoxy) is 2. The summed E-state index contributed by atoms with van der Waals surface area (Å²) in [5.41, 5.74) is 2.92. The van der Waals surface area contributed by atoms with Crippen LogP contribution in [0.4, 0.5) is 5.69 Å². The van der Waals surface area contributed by atoms with Crippen LogP contribution >= 0.6 is 23.1 Å². The summed E-state index contributed by atoms with van der Waals surface area (Å²) in [6.45, 7) is 6.65. The zero-order chi connectivity index (χ0) is 26.5. The van der Waals surface area contributed by atoms with Crippen LogP contribution in [0.1, 0.15) is 44.5 Å². The highest BCUT2D eigenvalue weighted by molar-refractivity contribution is 7.99. The fourth-order valence-electron chi connectivity index (χ4n) is 4.25. The quantitative estimate of drug-likeness (QED) is 0.238. The maximum Gasteiger partial charge on any atom is 0.339 e. The zero-order valence-electron chi connectivity index (χ0n) is 20.9. The molecule has 1 amide bonds. The number of nitrogens with zero attached hydrogens (tertiary/aromatic N) is 3. The molecule has 1 aliphatic carbocycles. The average Bonchev–Trinajstić information content (AvgIpc) is 3.49. The number of aromatic nitrogens is 3. The molecule has 0 saturated carbocycles. The van der Waals surface area contributed by atoms with Gasteiger partial charge in [-0.3, -0.25) is 9.36 Å². The summed E-state index contributed by atoms with van der Waals surface area (Å²) in [6.07, 6.45) is 5.04. The predicted molar refractivity (Wildman–Crippen MR) is 143 cm³/mol. The molecule has 4 rings (SSSR count). The number of anilines is 1. The molecule has 9 nitrogen and oxygen atoms in total. The van der Waals surface area contributed by atoms with Crippen LogP contribution in [0.5, 0.6) is 0 Å². The standard InChI is InChI=1S/C26H28N4O5S2/c1-5-10-30-23(19-13-36-21-11-15(2)6-8-17(19)21)28-29-26(30)37-14-22(31)27-20-12-16(24(32)34-3)7-9-18(20)25(33)35-4/h5,7,9,12-13,15H,1,6,8,10-11,14H2,2-4H3,(H,27,31).